The van der Waals surface area contributed by atoms with Gasteiger partial charge in [0, 0.05) is 18.5 Å². The molecule has 1 N–H and O–H groups in total. The Morgan fingerprint density at radius 3 is 2.80 bits per heavy atom. The normalized spacial score (nSPS) is 15.8. The maximum atomic E-state index is 13.3. The van der Waals surface area contributed by atoms with Crippen LogP contribution in [0.2, 0.25) is 0 Å². The molecule has 110 valence electrons. The summed E-state index contributed by atoms with van der Waals surface area (Å²) >= 11 is 0. The lowest BCUT2D eigenvalue weighted by Gasteiger charge is -2.16. The van der Waals surface area contributed by atoms with Crippen molar-refractivity contribution in [2.45, 2.75) is 31.3 Å². The summed E-state index contributed by atoms with van der Waals surface area (Å²) in [7, 11) is 1.32. The molecular weight excluding hydrogens is 268 g/mol. The third-order valence-electron chi connectivity index (χ3n) is 3.06. The smallest absolute Gasteiger partial charge is 0.322 e. The third-order valence-corrected chi connectivity index (χ3v) is 3.06. The van der Waals surface area contributed by atoms with Gasteiger partial charge in [0.25, 0.3) is 0 Å². The van der Waals surface area contributed by atoms with Crippen LogP contribution in [0.15, 0.2) is 18.2 Å². The van der Waals surface area contributed by atoms with E-state index in [4.69, 9.17) is 9.47 Å². The Kier molecular flexibility index (Phi) is 4.89. The van der Waals surface area contributed by atoms with Gasteiger partial charge in [0.05, 0.1) is 13.7 Å². The fraction of sp³-hybridized carbons (Fsp3) is 0.500. The van der Waals surface area contributed by atoms with E-state index in [-0.39, 0.29) is 18.3 Å². The summed E-state index contributed by atoms with van der Waals surface area (Å²) in [6, 6.07) is 3.00. The largest absolute Gasteiger partial charge is 0.490 e. The Hall–Kier alpha value is -1.69. The van der Waals surface area contributed by atoms with E-state index in [0.29, 0.717) is 12.5 Å². The zero-order valence-corrected chi connectivity index (χ0v) is 11.2. The van der Waals surface area contributed by atoms with Crippen LogP contribution in [-0.2, 0) is 9.53 Å². The van der Waals surface area contributed by atoms with Crippen molar-refractivity contribution in [1.29, 1.82) is 0 Å². The molecule has 1 unspecified atom stereocenters. The fourth-order valence-electron chi connectivity index (χ4n) is 1.83. The van der Waals surface area contributed by atoms with Crippen LogP contribution < -0.4 is 10.1 Å². The minimum Gasteiger partial charge on any atom is -0.490 e. The molecular formula is C14H17F2NO3. The summed E-state index contributed by atoms with van der Waals surface area (Å²) in [5.41, 5.74) is 0. The second-order valence-corrected chi connectivity index (χ2v) is 4.73. The fourth-order valence-corrected chi connectivity index (χ4v) is 1.83. The Labute approximate surface area is 116 Å². The van der Waals surface area contributed by atoms with Crippen molar-refractivity contribution in [3.63, 3.8) is 0 Å². The molecule has 4 nitrogen and oxygen atoms in total. The molecule has 0 saturated heterocycles. The van der Waals surface area contributed by atoms with Crippen LogP contribution in [-0.4, -0.2) is 31.8 Å². The highest BCUT2D eigenvalue weighted by Gasteiger charge is 2.28. The van der Waals surface area contributed by atoms with Gasteiger partial charge in [0.1, 0.15) is 11.9 Å². The quantitative estimate of drug-likeness (QED) is 0.779. The van der Waals surface area contributed by atoms with Gasteiger partial charge in [-0.15, -0.1) is 0 Å². The topological polar surface area (TPSA) is 47.6 Å². The molecule has 6 heteroatoms. The number of esters is 1. The molecule has 1 aromatic carbocycles. The van der Waals surface area contributed by atoms with E-state index in [2.05, 4.69) is 5.32 Å². The van der Waals surface area contributed by atoms with E-state index in [0.717, 1.165) is 25.0 Å². The van der Waals surface area contributed by atoms with Gasteiger partial charge < -0.3 is 14.8 Å². The standard InChI is InChI=1S/C14H17F2NO3/c1-19-14(18)12(17-10-3-4-10)6-7-20-13-5-2-9(15)8-11(13)16/h2,5,8,10,12,17H,3-4,6-7H2,1H3. The first kappa shape index (κ1) is 14.7. The van der Waals surface area contributed by atoms with Crippen molar-refractivity contribution >= 4 is 5.97 Å². The van der Waals surface area contributed by atoms with Gasteiger partial charge in [0.2, 0.25) is 0 Å². The summed E-state index contributed by atoms with van der Waals surface area (Å²) in [5.74, 6) is -1.80. The van der Waals surface area contributed by atoms with Crippen LogP contribution in [0.1, 0.15) is 19.3 Å². The van der Waals surface area contributed by atoms with Gasteiger partial charge in [-0.25, -0.2) is 8.78 Å². The van der Waals surface area contributed by atoms with Crippen LogP contribution in [0.25, 0.3) is 0 Å². The molecule has 1 fully saturated rings. The van der Waals surface area contributed by atoms with Crippen LogP contribution in [0.3, 0.4) is 0 Å². The van der Waals surface area contributed by atoms with Crippen LogP contribution in [0.5, 0.6) is 5.75 Å². The zero-order chi connectivity index (χ0) is 14.5. The molecule has 2 rings (SSSR count). The Morgan fingerprint density at radius 1 is 1.45 bits per heavy atom. The Morgan fingerprint density at radius 2 is 2.20 bits per heavy atom. The molecule has 0 spiro atoms. The second kappa shape index (κ2) is 6.65. The van der Waals surface area contributed by atoms with E-state index in [1.807, 2.05) is 0 Å². The molecule has 0 aliphatic heterocycles. The van der Waals surface area contributed by atoms with Gasteiger partial charge in [-0.1, -0.05) is 0 Å². The van der Waals surface area contributed by atoms with Gasteiger partial charge in [-0.3, -0.25) is 4.79 Å². The minimum absolute atomic E-state index is 0.0264. The molecule has 1 atom stereocenters. The van der Waals surface area contributed by atoms with Crippen LogP contribution in [0, 0.1) is 11.6 Å². The number of rotatable bonds is 7. The van der Waals surface area contributed by atoms with Gasteiger partial charge >= 0.3 is 5.97 Å². The SMILES string of the molecule is COC(=O)C(CCOc1ccc(F)cc1F)NC1CC1. The number of halogens is 2. The number of benzene rings is 1. The highest BCUT2D eigenvalue weighted by Crippen LogP contribution is 2.21. The maximum Gasteiger partial charge on any atom is 0.322 e. The van der Waals surface area contributed by atoms with Gasteiger partial charge in [-0.05, 0) is 25.0 Å². The molecule has 1 aromatic rings. The summed E-state index contributed by atoms with van der Waals surface area (Å²) < 4.78 is 36.0. The first-order chi connectivity index (χ1) is 9.60. The van der Waals surface area contributed by atoms with E-state index >= 15 is 0 Å². The minimum atomic E-state index is -0.755. The van der Waals surface area contributed by atoms with Gasteiger partial charge in [-0.2, -0.15) is 0 Å². The molecule has 0 bridgehead atoms. The summed E-state index contributed by atoms with van der Waals surface area (Å²) in [6.45, 7) is 0.141. The number of carbonyl (C=O) groups excluding carboxylic acids is 1. The molecule has 0 heterocycles. The molecule has 1 aliphatic carbocycles. The molecule has 20 heavy (non-hydrogen) atoms. The first-order valence-electron chi connectivity index (χ1n) is 6.52. The molecule has 1 saturated carbocycles. The summed E-state index contributed by atoms with van der Waals surface area (Å²) in [6.07, 6.45) is 2.45. The average Bonchev–Trinajstić information content (AvgIpc) is 3.23. The highest BCUT2D eigenvalue weighted by atomic mass is 19.1. The predicted molar refractivity (Wildman–Crippen MR) is 68.4 cm³/mol. The summed E-state index contributed by atoms with van der Waals surface area (Å²) in [5, 5.41) is 3.14. The number of ether oxygens (including phenoxy) is 2. The first-order valence-corrected chi connectivity index (χ1v) is 6.52. The van der Waals surface area contributed by atoms with Crippen LogP contribution >= 0.6 is 0 Å². The van der Waals surface area contributed by atoms with E-state index in [1.165, 1.54) is 13.2 Å². The summed E-state index contributed by atoms with van der Waals surface area (Å²) in [4.78, 5) is 11.6. The van der Waals surface area contributed by atoms with Crippen molar-refractivity contribution < 1.29 is 23.0 Å². The van der Waals surface area contributed by atoms with Crippen molar-refractivity contribution in [2.24, 2.45) is 0 Å². The Bertz CT molecular complexity index is 477. The monoisotopic (exact) mass is 285 g/mol. The van der Waals surface area contributed by atoms with E-state index in [1.54, 1.807) is 0 Å². The predicted octanol–water partition coefficient (Wildman–Crippen LogP) is 2.03. The number of nitrogens with one attached hydrogen (secondary N) is 1. The lowest BCUT2D eigenvalue weighted by Crippen LogP contribution is -2.40. The molecule has 0 amide bonds. The van der Waals surface area contributed by atoms with E-state index in [9.17, 15) is 13.6 Å². The lowest BCUT2D eigenvalue weighted by atomic mass is 10.2. The van der Waals surface area contributed by atoms with Crippen LogP contribution in [0.4, 0.5) is 8.78 Å². The second-order valence-electron chi connectivity index (χ2n) is 4.73. The zero-order valence-electron chi connectivity index (χ0n) is 11.2. The number of methoxy groups -OCH3 is 1. The third kappa shape index (κ3) is 4.16. The highest BCUT2D eigenvalue weighted by molar-refractivity contribution is 5.75. The molecule has 1 aliphatic rings. The van der Waals surface area contributed by atoms with E-state index < -0.39 is 17.7 Å². The Balaban J connectivity index is 1.84. The van der Waals surface area contributed by atoms with Crippen molar-refractivity contribution in [2.75, 3.05) is 13.7 Å². The van der Waals surface area contributed by atoms with Crippen molar-refractivity contribution in [3.8, 4) is 5.75 Å². The maximum absolute atomic E-state index is 13.3. The number of hydrogen-bond acceptors (Lipinski definition) is 4. The van der Waals surface area contributed by atoms with Crippen molar-refractivity contribution in [1.82, 2.24) is 5.32 Å². The molecule has 0 aromatic heterocycles. The van der Waals surface area contributed by atoms with Crippen molar-refractivity contribution in [3.05, 3.63) is 29.8 Å². The number of carbonyl (C=O) groups is 1. The molecule has 0 radical (unpaired) electrons. The van der Waals surface area contributed by atoms with Gasteiger partial charge in [0.15, 0.2) is 11.6 Å². The number of hydrogen-bond donors (Lipinski definition) is 1. The lowest BCUT2D eigenvalue weighted by molar-refractivity contribution is -0.143. The average molecular weight is 285 g/mol.